The first-order valence-corrected chi connectivity index (χ1v) is 11.1. The Morgan fingerprint density at radius 2 is 1.52 bits per heavy atom. The van der Waals surface area contributed by atoms with Crippen LogP contribution in [0.2, 0.25) is 0 Å². The molecule has 31 heavy (non-hydrogen) atoms. The van der Waals surface area contributed by atoms with E-state index >= 15 is 0 Å². The minimum atomic E-state index is -3.65. The molecule has 3 rings (SSSR count). The van der Waals surface area contributed by atoms with Crippen LogP contribution in [0.4, 0.5) is 5.69 Å². The van der Waals surface area contributed by atoms with Crippen LogP contribution in [0.15, 0.2) is 83.8 Å². The molecule has 0 aliphatic carbocycles. The Balaban J connectivity index is 1.57. The molecule has 1 amide bonds. The van der Waals surface area contributed by atoms with Crippen LogP contribution in [0.3, 0.4) is 0 Å². The number of esters is 1. The fourth-order valence-electron chi connectivity index (χ4n) is 2.82. The number of anilines is 1. The smallest absolute Gasteiger partial charge is 0.308 e. The van der Waals surface area contributed by atoms with Gasteiger partial charge in [-0.15, -0.1) is 0 Å². The molecular weight excluding hydrogens is 416 g/mol. The van der Waals surface area contributed by atoms with Gasteiger partial charge in [-0.1, -0.05) is 30.3 Å². The molecule has 0 radical (unpaired) electrons. The second kappa shape index (κ2) is 10.0. The first-order valence-electron chi connectivity index (χ1n) is 9.57. The zero-order valence-corrected chi connectivity index (χ0v) is 17.7. The van der Waals surface area contributed by atoms with E-state index in [4.69, 9.17) is 4.74 Å². The van der Waals surface area contributed by atoms with Crippen molar-refractivity contribution in [1.29, 1.82) is 0 Å². The number of hydrogen-bond acceptors (Lipinski definition) is 5. The molecule has 0 spiro atoms. The number of amides is 1. The van der Waals surface area contributed by atoms with Crippen LogP contribution >= 0.6 is 0 Å². The lowest BCUT2D eigenvalue weighted by Crippen LogP contribution is -2.26. The molecule has 0 fully saturated rings. The number of nitrogens with one attached hydrogen (secondary N) is 2. The van der Waals surface area contributed by atoms with Crippen molar-refractivity contribution in [3.05, 3.63) is 90.0 Å². The molecule has 0 bridgehead atoms. The van der Waals surface area contributed by atoms with Gasteiger partial charge in [-0.25, -0.2) is 13.1 Å². The highest BCUT2D eigenvalue weighted by atomic mass is 32.2. The van der Waals surface area contributed by atoms with Crippen molar-refractivity contribution in [2.75, 3.05) is 11.9 Å². The topological polar surface area (TPSA) is 102 Å². The van der Waals surface area contributed by atoms with E-state index in [-0.39, 0.29) is 17.3 Å². The average Bonchev–Trinajstić information content (AvgIpc) is 2.75. The Morgan fingerprint density at radius 1 is 0.871 bits per heavy atom. The first kappa shape index (κ1) is 22.2. The highest BCUT2D eigenvalue weighted by Crippen LogP contribution is 2.17. The summed E-state index contributed by atoms with van der Waals surface area (Å²) in [5.41, 5.74) is 1.87. The highest BCUT2D eigenvalue weighted by molar-refractivity contribution is 7.89. The van der Waals surface area contributed by atoms with Gasteiger partial charge in [-0.05, 0) is 60.5 Å². The SMILES string of the molecule is CC(=O)Oc1ccc(C(=O)Nc2ccc(S(=O)(=O)NCCc3ccccc3)cc2)cc1. The van der Waals surface area contributed by atoms with Gasteiger partial charge >= 0.3 is 5.97 Å². The van der Waals surface area contributed by atoms with Gasteiger partial charge in [0.25, 0.3) is 5.91 Å². The molecule has 7 nitrogen and oxygen atoms in total. The Morgan fingerprint density at radius 3 is 2.13 bits per heavy atom. The molecule has 0 heterocycles. The van der Waals surface area contributed by atoms with Gasteiger partial charge in [0, 0.05) is 24.7 Å². The fraction of sp³-hybridized carbons (Fsp3) is 0.130. The molecule has 8 heteroatoms. The predicted molar refractivity (Wildman–Crippen MR) is 117 cm³/mol. The third kappa shape index (κ3) is 6.50. The summed E-state index contributed by atoms with van der Waals surface area (Å²) in [6, 6.07) is 21.6. The van der Waals surface area contributed by atoms with Crippen molar-refractivity contribution < 1.29 is 22.7 Å². The van der Waals surface area contributed by atoms with Crippen molar-refractivity contribution in [2.24, 2.45) is 0 Å². The lowest BCUT2D eigenvalue weighted by atomic mass is 10.2. The van der Waals surface area contributed by atoms with E-state index in [0.29, 0.717) is 23.4 Å². The molecule has 0 atom stereocenters. The van der Waals surface area contributed by atoms with Crippen molar-refractivity contribution >= 4 is 27.6 Å². The van der Waals surface area contributed by atoms with Crippen LogP contribution in [0, 0.1) is 0 Å². The molecule has 3 aromatic rings. The third-order valence-electron chi connectivity index (χ3n) is 4.35. The van der Waals surface area contributed by atoms with Crippen LogP contribution in [0.5, 0.6) is 5.75 Å². The third-order valence-corrected chi connectivity index (χ3v) is 5.83. The predicted octanol–water partition coefficient (Wildman–Crippen LogP) is 3.39. The number of carbonyl (C=O) groups excluding carboxylic acids is 2. The minimum absolute atomic E-state index is 0.115. The number of sulfonamides is 1. The summed E-state index contributed by atoms with van der Waals surface area (Å²) < 4.78 is 32.4. The van der Waals surface area contributed by atoms with Gasteiger partial charge in [0.05, 0.1) is 4.90 Å². The molecule has 0 saturated carbocycles. The largest absolute Gasteiger partial charge is 0.427 e. The minimum Gasteiger partial charge on any atom is -0.427 e. The Bertz CT molecular complexity index is 1140. The van der Waals surface area contributed by atoms with Gasteiger partial charge < -0.3 is 10.1 Å². The number of carbonyl (C=O) groups is 2. The molecule has 0 aliphatic rings. The maximum absolute atomic E-state index is 12.5. The van der Waals surface area contributed by atoms with Crippen LogP contribution in [-0.2, 0) is 21.2 Å². The van der Waals surface area contributed by atoms with E-state index in [1.54, 1.807) is 0 Å². The van der Waals surface area contributed by atoms with Crippen molar-refractivity contribution in [1.82, 2.24) is 4.72 Å². The van der Waals surface area contributed by atoms with Crippen molar-refractivity contribution in [2.45, 2.75) is 18.2 Å². The maximum Gasteiger partial charge on any atom is 0.308 e. The molecule has 0 unspecified atom stereocenters. The average molecular weight is 439 g/mol. The lowest BCUT2D eigenvalue weighted by molar-refractivity contribution is -0.131. The second-order valence-corrected chi connectivity index (χ2v) is 8.50. The Kier molecular flexibility index (Phi) is 7.17. The molecule has 0 saturated heterocycles. The van der Waals surface area contributed by atoms with Gasteiger partial charge in [-0.3, -0.25) is 9.59 Å². The van der Waals surface area contributed by atoms with Gasteiger partial charge in [-0.2, -0.15) is 0 Å². The highest BCUT2D eigenvalue weighted by Gasteiger charge is 2.14. The normalized spacial score (nSPS) is 11.0. The van der Waals surface area contributed by atoms with Crippen LogP contribution < -0.4 is 14.8 Å². The fourth-order valence-corrected chi connectivity index (χ4v) is 3.85. The first-order chi connectivity index (χ1) is 14.8. The van der Waals surface area contributed by atoms with E-state index in [1.807, 2.05) is 30.3 Å². The molecule has 3 aromatic carbocycles. The van der Waals surface area contributed by atoms with E-state index < -0.39 is 16.0 Å². The Hall–Kier alpha value is -3.49. The summed E-state index contributed by atoms with van der Waals surface area (Å²) >= 11 is 0. The quantitative estimate of drug-likeness (QED) is 0.415. The summed E-state index contributed by atoms with van der Waals surface area (Å²) in [4.78, 5) is 23.4. The Labute approximate surface area is 181 Å². The number of hydrogen-bond donors (Lipinski definition) is 2. The summed E-state index contributed by atoms with van der Waals surface area (Å²) in [5, 5.41) is 2.70. The summed E-state index contributed by atoms with van der Waals surface area (Å²) in [6.45, 7) is 1.58. The molecular formula is C23H22N2O5S. The molecule has 2 N–H and O–H groups in total. The zero-order chi connectivity index (χ0) is 22.3. The van der Waals surface area contributed by atoms with Crippen LogP contribution in [0.25, 0.3) is 0 Å². The maximum atomic E-state index is 12.5. The standard InChI is InChI=1S/C23H22N2O5S/c1-17(26)30-21-11-7-19(8-12-21)23(27)25-20-9-13-22(14-10-20)31(28,29)24-16-15-18-5-3-2-4-6-18/h2-14,24H,15-16H2,1H3,(H,25,27). The number of ether oxygens (including phenoxy) is 1. The molecule has 0 aromatic heterocycles. The van der Waals surface area contributed by atoms with Gasteiger partial charge in [0.15, 0.2) is 0 Å². The van der Waals surface area contributed by atoms with Gasteiger partial charge in [0.1, 0.15) is 5.75 Å². The number of rotatable bonds is 8. The van der Waals surface area contributed by atoms with Crippen LogP contribution in [0.1, 0.15) is 22.8 Å². The zero-order valence-electron chi connectivity index (χ0n) is 16.9. The molecule has 160 valence electrons. The monoisotopic (exact) mass is 438 g/mol. The molecule has 0 aliphatic heterocycles. The van der Waals surface area contributed by atoms with Crippen molar-refractivity contribution in [3.8, 4) is 5.75 Å². The summed E-state index contributed by atoms with van der Waals surface area (Å²) in [6.07, 6.45) is 0.588. The lowest BCUT2D eigenvalue weighted by Gasteiger charge is -2.09. The summed E-state index contributed by atoms with van der Waals surface area (Å²) in [5.74, 6) is -0.467. The summed E-state index contributed by atoms with van der Waals surface area (Å²) in [7, 11) is -3.65. The number of benzene rings is 3. The van der Waals surface area contributed by atoms with E-state index in [2.05, 4.69) is 10.0 Å². The van der Waals surface area contributed by atoms with E-state index in [1.165, 1.54) is 55.5 Å². The van der Waals surface area contributed by atoms with Crippen molar-refractivity contribution in [3.63, 3.8) is 0 Å². The van der Waals surface area contributed by atoms with E-state index in [9.17, 15) is 18.0 Å². The van der Waals surface area contributed by atoms with Crippen LogP contribution in [-0.4, -0.2) is 26.8 Å². The van der Waals surface area contributed by atoms with Gasteiger partial charge in [0.2, 0.25) is 10.0 Å². The van der Waals surface area contributed by atoms with E-state index in [0.717, 1.165) is 5.56 Å². The second-order valence-electron chi connectivity index (χ2n) is 6.73.